The summed E-state index contributed by atoms with van der Waals surface area (Å²) in [4.78, 5) is 39.4. The van der Waals surface area contributed by atoms with Crippen molar-refractivity contribution in [2.75, 3.05) is 19.6 Å². The summed E-state index contributed by atoms with van der Waals surface area (Å²) in [7, 11) is 0. The maximum Gasteiger partial charge on any atom is 0.249 e. The van der Waals surface area contributed by atoms with Crippen molar-refractivity contribution in [1.29, 1.82) is 0 Å². The van der Waals surface area contributed by atoms with Crippen LogP contribution in [0.3, 0.4) is 0 Å². The summed E-state index contributed by atoms with van der Waals surface area (Å²) in [6.45, 7) is 7.68. The third kappa shape index (κ3) is 3.86. The highest BCUT2D eigenvalue weighted by Crippen LogP contribution is 2.51. The Labute approximate surface area is 195 Å². The normalized spacial score (nSPS) is 27.2. The number of likely N-dealkylation sites (tertiary alicyclic amines) is 2. The Hall–Kier alpha value is -2.36. The quantitative estimate of drug-likeness (QED) is 0.660. The number of thiazole rings is 1. The van der Waals surface area contributed by atoms with E-state index in [0.29, 0.717) is 26.1 Å². The van der Waals surface area contributed by atoms with E-state index >= 15 is 0 Å². The van der Waals surface area contributed by atoms with Crippen molar-refractivity contribution in [2.24, 2.45) is 11.3 Å². The number of aryl methyl sites for hydroxylation is 1. The second-order valence-corrected chi connectivity index (χ2v) is 11.1. The molecule has 4 heterocycles. The Morgan fingerprint density at radius 2 is 2.09 bits per heavy atom. The summed E-state index contributed by atoms with van der Waals surface area (Å²) in [6, 6.07) is 0.224. The highest BCUT2D eigenvalue weighted by molar-refractivity contribution is 7.09. The van der Waals surface area contributed by atoms with Crippen LogP contribution in [-0.2, 0) is 16.1 Å². The van der Waals surface area contributed by atoms with Crippen molar-refractivity contribution in [1.82, 2.24) is 24.3 Å². The van der Waals surface area contributed by atoms with Crippen LogP contribution in [0.25, 0.3) is 0 Å². The van der Waals surface area contributed by atoms with Crippen molar-refractivity contribution in [2.45, 2.75) is 64.5 Å². The van der Waals surface area contributed by atoms with E-state index in [1.807, 2.05) is 28.0 Å². The molecule has 0 bridgehead atoms. The molecule has 0 N–H and O–H groups in total. The van der Waals surface area contributed by atoms with Gasteiger partial charge in [-0.05, 0) is 27.2 Å². The van der Waals surface area contributed by atoms with Gasteiger partial charge in [0.25, 0.3) is 0 Å². The van der Waals surface area contributed by atoms with Gasteiger partial charge in [0.15, 0.2) is 0 Å². The second kappa shape index (κ2) is 7.85. The van der Waals surface area contributed by atoms with Gasteiger partial charge in [0.05, 0.1) is 34.7 Å². The van der Waals surface area contributed by atoms with Gasteiger partial charge >= 0.3 is 0 Å². The number of carbonyl (C=O) groups is 2. The molecule has 178 valence electrons. The fourth-order valence-corrected chi connectivity index (χ4v) is 6.12. The summed E-state index contributed by atoms with van der Waals surface area (Å²) in [5.41, 5.74) is 0.882. The summed E-state index contributed by atoms with van der Waals surface area (Å²) in [6.07, 6.45) is 3.54. The van der Waals surface area contributed by atoms with Gasteiger partial charge in [-0.1, -0.05) is 0 Å². The minimum atomic E-state index is -2.75. The average Bonchev–Trinajstić information content (AvgIpc) is 3.50. The number of carbonyl (C=O) groups excluding carboxylic acids is 2. The molecule has 1 spiro atoms. The number of aromatic nitrogens is 3. The van der Waals surface area contributed by atoms with E-state index in [4.69, 9.17) is 0 Å². The molecule has 2 aromatic rings. The molecule has 1 saturated carbocycles. The smallest absolute Gasteiger partial charge is 0.249 e. The molecule has 2 atom stereocenters. The van der Waals surface area contributed by atoms with Crippen LogP contribution >= 0.6 is 11.3 Å². The van der Waals surface area contributed by atoms with E-state index in [9.17, 15) is 18.4 Å². The first-order valence-electron chi connectivity index (χ1n) is 11.5. The molecule has 5 rings (SSSR count). The maximum absolute atomic E-state index is 13.8. The van der Waals surface area contributed by atoms with Gasteiger partial charge in [-0.15, -0.1) is 11.3 Å². The van der Waals surface area contributed by atoms with Crippen LogP contribution in [0.2, 0.25) is 0 Å². The highest BCUT2D eigenvalue weighted by Gasteiger charge is 2.60. The first-order valence-corrected chi connectivity index (χ1v) is 12.4. The lowest BCUT2D eigenvalue weighted by molar-refractivity contribution is -0.159. The number of amides is 2. The molecule has 2 amide bonds. The van der Waals surface area contributed by atoms with E-state index in [1.54, 1.807) is 22.6 Å². The van der Waals surface area contributed by atoms with Gasteiger partial charge in [-0.25, -0.2) is 18.7 Å². The SMILES string of the molecule is Cc1nc(CN2CC[C@@]3(CN(C(=O)C4CC(F)(F)C4)C[C@H]3c3cn(C(C)C)cn3)C2=O)cs1. The van der Waals surface area contributed by atoms with Crippen molar-refractivity contribution in [3.8, 4) is 0 Å². The first kappa shape index (κ1) is 22.4. The van der Waals surface area contributed by atoms with E-state index < -0.39 is 30.1 Å². The van der Waals surface area contributed by atoms with Crippen molar-refractivity contribution < 1.29 is 18.4 Å². The van der Waals surface area contributed by atoms with Crippen LogP contribution in [0, 0.1) is 18.3 Å². The molecule has 0 unspecified atom stereocenters. The molecular formula is C23H29F2N5O2S. The molecule has 0 aromatic carbocycles. The molecule has 1 aliphatic carbocycles. The van der Waals surface area contributed by atoms with Crippen LogP contribution < -0.4 is 0 Å². The summed E-state index contributed by atoms with van der Waals surface area (Å²) in [5, 5.41) is 2.93. The summed E-state index contributed by atoms with van der Waals surface area (Å²) >= 11 is 1.56. The van der Waals surface area contributed by atoms with Crippen LogP contribution in [0.4, 0.5) is 8.78 Å². The number of rotatable bonds is 5. The highest BCUT2D eigenvalue weighted by atomic mass is 32.1. The average molecular weight is 478 g/mol. The lowest BCUT2D eigenvalue weighted by Gasteiger charge is -2.36. The van der Waals surface area contributed by atoms with Gasteiger partial charge in [0.2, 0.25) is 17.7 Å². The maximum atomic E-state index is 13.8. The topological polar surface area (TPSA) is 71.3 Å². The Bertz CT molecular complexity index is 1070. The van der Waals surface area contributed by atoms with Crippen LogP contribution in [0.1, 0.15) is 61.5 Å². The number of hydrogen-bond donors (Lipinski definition) is 0. The van der Waals surface area contributed by atoms with E-state index in [2.05, 4.69) is 23.8 Å². The Balaban J connectivity index is 1.42. The Morgan fingerprint density at radius 3 is 2.70 bits per heavy atom. The van der Waals surface area contributed by atoms with Crippen LogP contribution in [0.5, 0.6) is 0 Å². The molecule has 0 radical (unpaired) electrons. The third-order valence-electron chi connectivity index (χ3n) is 7.43. The zero-order valence-electron chi connectivity index (χ0n) is 19.1. The van der Waals surface area contributed by atoms with Crippen LogP contribution in [0.15, 0.2) is 17.9 Å². The van der Waals surface area contributed by atoms with E-state index in [0.717, 1.165) is 16.4 Å². The lowest BCUT2D eigenvalue weighted by atomic mass is 9.75. The number of halogens is 2. The zero-order chi connectivity index (χ0) is 23.5. The standard InChI is InChI=1S/C23H29F2N5O2S/c1-14(2)30-10-19(26-13-30)18-9-29(20(31)16-6-23(24,25)7-16)12-22(18)4-5-28(21(22)32)8-17-11-33-15(3)27-17/h10-11,13-14,16,18H,4-9,12H2,1-3H3/t18-,22-/m0/s1. The number of imidazole rings is 1. The molecule has 2 saturated heterocycles. The fourth-order valence-electron chi connectivity index (χ4n) is 5.52. The predicted octanol–water partition coefficient (Wildman–Crippen LogP) is 3.62. The van der Waals surface area contributed by atoms with E-state index in [1.165, 1.54) is 0 Å². The molecule has 10 heteroatoms. The molecule has 7 nitrogen and oxygen atoms in total. The van der Waals surface area contributed by atoms with Crippen molar-refractivity contribution in [3.05, 3.63) is 34.3 Å². The molecular weight excluding hydrogens is 448 g/mol. The minimum absolute atomic E-state index is 0.00601. The third-order valence-corrected chi connectivity index (χ3v) is 8.25. The van der Waals surface area contributed by atoms with E-state index in [-0.39, 0.29) is 30.3 Å². The van der Waals surface area contributed by atoms with Crippen LogP contribution in [-0.4, -0.2) is 61.7 Å². The lowest BCUT2D eigenvalue weighted by Crippen LogP contribution is -2.47. The first-order chi connectivity index (χ1) is 15.6. The number of alkyl halides is 2. The molecule has 3 fully saturated rings. The Morgan fingerprint density at radius 1 is 1.33 bits per heavy atom. The van der Waals surface area contributed by atoms with Crippen molar-refractivity contribution in [3.63, 3.8) is 0 Å². The molecule has 33 heavy (non-hydrogen) atoms. The predicted molar refractivity (Wildman–Crippen MR) is 119 cm³/mol. The van der Waals surface area contributed by atoms with Crippen molar-refractivity contribution >= 4 is 23.2 Å². The zero-order valence-corrected chi connectivity index (χ0v) is 19.9. The minimum Gasteiger partial charge on any atom is -0.341 e. The van der Waals surface area contributed by atoms with Gasteiger partial charge in [-0.2, -0.15) is 0 Å². The molecule has 2 aromatic heterocycles. The largest absolute Gasteiger partial charge is 0.341 e. The summed E-state index contributed by atoms with van der Waals surface area (Å²) in [5.74, 6) is -3.91. The second-order valence-electron chi connectivity index (χ2n) is 10.1. The van der Waals surface area contributed by atoms with Gasteiger partial charge in [0.1, 0.15) is 0 Å². The van der Waals surface area contributed by atoms with Gasteiger partial charge < -0.3 is 14.4 Å². The fraction of sp³-hybridized carbons (Fsp3) is 0.652. The van der Waals surface area contributed by atoms with Gasteiger partial charge in [0, 0.05) is 61.9 Å². The number of hydrogen-bond acceptors (Lipinski definition) is 5. The monoisotopic (exact) mass is 477 g/mol. The number of nitrogens with zero attached hydrogens (tertiary/aromatic N) is 5. The Kier molecular flexibility index (Phi) is 5.34. The molecule has 2 aliphatic heterocycles. The molecule has 3 aliphatic rings. The summed E-state index contributed by atoms with van der Waals surface area (Å²) < 4.78 is 28.8. The van der Waals surface area contributed by atoms with Gasteiger partial charge in [-0.3, -0.25) is 9.59 Å².